The number of hydrogen-bond donors (Lipinski definition) is 0. The molecule has 0 fully saturated rings. The average Bonchev–Trinajstić information content (AvgIpc) is 3.10. The fourth-order valence-electron chi connectivity index (χ4n) is 2.70. The van der Waals surface area contributed by atoms with Crippen LogP contribution in [0.1, 0.15) is 21.5 Å². The molecule has 0 radical (unpaired) electrons. The van der Waals surface area contributed by atoms with E-state index < -0.39 is 11.9 Å². The van der Waals surface area contributed by atoms with Crippen LogP contribution in [0.2, 0.25) is 10.0 Å². The molecule has 3 aromatic carbocycles. The number of cyclic esters (lactones) is 1. The van der Waals surface area contributed by atoms with Crippen LogP contribution in [0.5, 0.6) is 5.75 Å². The molecule has 4 rings (SSSR count). The van der Waals surface area contributed by atoms with Gasteiger partial charge in [-0.05, 0) is 60.2 Å². The van der Waals surface area contributed by atoms with Gasteiger partial charge in [-0.2, -0.15) is 0 Å². The van der Waals surface area contributed by atoms with Crippen molar-refractivity contribution in [1.29, 1.82) is 0 Å². The monoisotopic (exact) mass is 437 g/mol. The van der Waals surface area contributed by atoms with E-state index in [-0.39, 0.29) is 11.6 Å². The molecule has 0 saturated heterocycles. The average molecular weight is 438 g/mol. The number of hydrogen-bond acceptors (Lipinski definition) is 5. The van der Waals surface area contributed by atoms with Gasteiger partial charge in [0.1, 0.15) is 5.75 Å². The maximum atomic E-state index is 12.2. The Bertz CT molecular complexity index is 1180. The number of rotatable bonds is 4. The minimum atomic E-state index is -0.567. The Hall–Kier alpha value is -3.41. The van der Waals surface area contributed by atoms with Gasteiger partial charge in [-0.1, -0.05) is 47.5 Å². The van der Waals surface area contributed by atoms with E-state index >= 15 is 0 Å². The molecule has 3 aromatic rings. The van der Waals surface area contributed by atoms with E-state index in [4.69, 9.17) is 32.7 Å². The Labute approximate surface area is 182 Å². The normalized spacial score (nSPS) is 14.4. The molecule has 7 heteroatoms. The minimum Gasteiger partial charge on any atom is -0.423 e. The molecule has 0 atom stereocenters. The Balaban J connectivity index is 1.49. The van der Waals surface area contributed by atoms with Crippen LogP contribution in [0.4, 0.5) is 0 Å². The number of halogens is 2. The summed E-state index contributed by atoms with van der Waals surface area (Å²) in [5, 5.41) is 0.979. The molecule has 0 bridgehead atoms. The lowest BCUT2D eigenvalue weighted by Crippen LogP contribution is -2.08. The number of carbonyl (C=O) groups is 2. The molecule has 30 heavy (non-hydrogen) atoms. The summed E-state index contributed by atoms with van der Waals surface area (Å²) in [6.45, 7) is 0. The first-order valence-electron chi connectivity index (χ1n) is 8.85. The molecule has 1 heterocycles. The van der Waals surface area contributed by atoms with Crippen molar-refractivity contribution in [3.05, 3.63) is 105 Å². The van der Waals surface area contributed by atoms with Crippen molar-refractivity contribution in [2.75, 3.05) is 0 Å². The molecule has 1 aliphatic heterocycles. The van der Waals surface area contributed by atoms with Crippen LogP contribution in [0, 0.1) is 0 Å². The number of aliphatic imine (C=N–C) groups is 1. The van der Waals surface area contributed by atoms with Gasteiger partial charge >= 0.3 is 11.9 Å². The maximum Gasteiger partial charge on any atom is 0.363 e. The highest BCUT2D eigenvalue weighted by atomic mass is 35.5. The summed E-state index contributed by atoms with van der Waals surface area (Å²) in [7, 11) is 0. The third-order valence-corrected chi connectivity index (χ3v) is 4.78. The van der Waals surface area contributed by atoms with Gasteiger partial charge in [-0.25, -0.2) is 14.6 Å². The van der Waals surface area contributed by atoms with E-state index in [0.29, 0.717) is 32.5 Å². The predicted molar refractivity (Wildman–Crippen MR) is 115 cm³/mol. The SMILES string of the molecule is O=C1OC(c2ccccc2Cl)=N/C1=C\c1ccc(OC(=O)c2ccc(Cl)cc2)cc1. The molecular formula is C23H13Cl2NO4. The van der Waals surface area contributed by atoms with Gasteiger partial charge in [-0.3, -0.25) is 0 Å². The predicted octanol–water partition coefficient (Wildman–Crippen LogP) is 5.56. The van der Waals surface area contributed by atoms with Gasteiger partial charge < -0.3 is 9.47 Å². The van der Waals surface area contributed by atoms with Crippen molar-refractivity contribution in [3.8, 4) is 5.75 Å². The standard InChI is InChI=1S/C23H13Cl2NO4/c24-16-9-7-15(8-10-16)22(27)29-17-11-5-14(6-12-17)13-20-23(28)30-21(26-20)18-3-1-2-4-19(18)25/h1-13H/b20-13-. The summed E-state index contributed by atoms with van der Waals surface area (Å²) in [5.41, 5.74) is 1.77. The van der Waals surface area contributed by atoms with Crippen molar-refractivity contribution in [2.24, 2.45) is 4.99 Å². The Morgan fingerprint density at radius 3 is 2.33 bits per heavy atom. The second-order valence-corrected chi connectivity index (χ2v) is 7.12. The Morgan fingerprint density at radius 2 is 1.63 bits per heavy atom. The Kier molecular flexibility index (Phi) is 5.65. The van der Waals surface area contributed by atoms with Crippen molar-refractivity contribution < 1.29 is 19.1 Å². The number of carbonyl (C=O) groups excluding carboxylic acids is 2. The van der Waals surface area contributed by atoms with Gasteiger partial charge in [0.2, 0.25) is 5.90 Å². The highest BCUT2D eigenvalue weighted by molar-refractivity contribution is 6.34. The highest BCUT2D eigenvalue weighted by Crippen LogP contribution is 2.24. The van der Waals surface area contributed by atoms with Crippen LogP contribution >= 0.6 is 23.2 Å². The van der Waals surface area contributed by atoms with Crippen LogP contribution in [-0.4, -0.2) is 17.8 Å². The summed E-state index contributed by atoms with van der Waals surface area (Å²) in [4.78, 5) is 28.5. The smallest absolute Gasteiger partial charge is 0.363 e. The van der Waals surface area contributed by atoms with Gasteiger partial charge in [0.25, 0.3) is 0 Å². The molecular weight excluding hydrogens is 425 g/mol. The van der Waals surface area contributed by atoms with Crippen molar-refractivity contribution in [3.63, 3.8) is 0 Å². The third-order valence-electron chi connectivity index (χ3n) is 4.20. The summed E-state index contributed by atoms with van der Waals surface area (Å²) in [5.74, 6) is -0.536. The van der Waals surface area contributed by atoms with E-state index in [2.05, 4.69) is 4.99 Å². The molecule has 0 unspecified atom stereocenters. The van der Waals surface area contributed by atoms with Gasteiger partial charge in [0.05, 0.1) is 16.1 Å². The zero-order chi connectivity index (χ0) is 21.1. The van der Waals surface area contributed by atoms with Crippen LogP contribution in [-0.2, 0) is 9.53 Å². The quantitative estimate of drug-likeness (QED) is 0.304. The fraction of sp³-hybridized carbons (Fsp3) is 0. The summed E-state index contributed by atoms with van der Waals surface area (Å²) < 4.78 is 10.6. The topological polar surface area (TPSA) is 65.0 Å². The zero-order valence-corrected chi connectivity index (χ0v) is 16.9. The van der Waals surface area contributed by atoms with Crippen LogP contribution < -0.4 is 4.74 Å². The van der Waals surface area contributed by atoms with E-state index in [0.717, 1.165) is 0 Å². The summed E-state index contributed by atoms with van der Waals surface area (Å²) in [6.07, 6.45) is 1.58. The van der Waals surface area contributed by atoms with Crippen LogP contribution in [0.3, 0.4) is 0 Å². The van der Waals surface area contributed by atoms with Gasteiger partial charge in [-0.15, -0.1) is 0 Å². The van der Waals surface area contributed by atoms with Crippen LogP contribution in [0.15, 0.2) is 83.5 Å². The van der Waals surface area contributed by atoms with Crippen molar-refractivity contribution in [1.82, 2.24) is 0 Å². The molecule has 148 valence electrons. The van der Waals surface area contributed by atoms with Gasteiger partial charge in [0.15, 0.2) is 5.70 Å². The first-order chi connectivity index (χ1) is 14.5. The third kappa shape index (κ3) is 4.43. The van der Waals surface area contributed by atoms with Crippen molar-refractivity contribution in [2.45, 2.75) is 0 Å². The second kappa shape index (κ2) is 8.53. The van der Waals surface area contributed by atoms with Crippen LogP contribution in [0.25, 0.3) is 6.08 Å². The zero-order valence-electron chi connectivity index (χ0n) is 15.3. The number of nitrogens with zero attached hydrogens (tertiary/aromatic N) is 1. The first kappa shape index (κ1) is 19.9. The molecule has 0 aromatic heterocycles. The molecule has 1 aliphatic rings. The lowest BCUT2D eigenvalue weighted by Gasteiger charge is -2.05. The summed E-state index contributed by atoms with van der Waals surface area (Å²) in [6, 6.07) is 20.0. The van der Waals surface area contributed by atoms with Gasteiger partial charge in [0, 0.05) is 5.02 Å². The molecule has 0 saturated carbocycles. The number of ether oxygens (including phenoxy) is 2. The van der Waals surface area contributed by atoms with E-state index in [1.807, 2.05) is 0 Å². The molecule has 0 amide bonds. The Morgan fingerprint density at radius 1 is 0.933 bits per heavy atom. The van der Waals surface area contributed by atoms with E-state index in [9.17, 15) is 9.59 Å². The maximum absolute atomic E-state index is 12.2. The summed E-state index contributed by atoms with van der Waals surface area (Å²) >= 11 is 12.0. The largest absolute Gasteiger partial charge is 0.423 e. The number of esters is 2. The van der Waals surface area contributed by atoms with E-state index in [1.165, 1.54) is 0 Å². The van der Waals surface area contributed by atoms with Crippen molar-refractivity contribution >= 4 is 47.1 Å². The molecule has 5 nitrogen and oxygen atoms in total. The molecule has 0 N–H and O–H groups in total. The first-order valence-corrected chi connectivity index (χ1v) is 9.60. The number of benzene rings is 3. The molecule has 0 spiro atoms. The minimum absolute atomic E-state index is 0.149. The lowest BCUT2D eigenvalue weighted by atomic mass is 10.2. The highest BCUT2D eigenvalue weighted by Gasteiger charge is 2.25. The lowest BCUT2D eigenvalue weighted by molar-refractivity contribution is -0.129. The molecule has 0 aliphatic carbocycles. The second-order valence-electron chi connectivity index (χ2n) is 6.28. The fourth-order valence-corrected chi connectivity index (χ4v) is 3.04. The van der Waals surface area contributed by atoms with E-state index in [1.54, 1.807) is 78.9 Å².